The molecule has 0 aliphatic rings. The fourth-order valence-corrected chi connectivity index (χ4v) is 4.82. The van der Waals surface area contributed by atoms with E-state index in [0.29, 0.717) is 18.8 Å². The predicted molar refractivity (Wildman–Crippen MR) is 140 cm³/mol. The Labute approximate surface area is 205 Å². The van der Waals surface area contributed by atoms with Crippen molar-refractivity contribution in [3.05, 3.63) is 0 Å². The first kappa shape index (κ1) is 31.9. The van der Waals surface area contributed by atoms with Gasteiger partial charge in [0, 0.05) is 12.8 Å². The molecule has 0 aromatic heterocycles. The second-order valence-corrected chi connectivity index (χ2v) is 10.3. The first-order valence-electron chi connectivity index (χ1n) is 14.5. The third-order valence-corrected chi connectivity index (χ3v) is 6.93. The molecule has 4 nitrogen and oxygen atoms in total. The molecule has 0 bridgehead atoms. The zero-order valence-corrected chi connectivity index (χ0v) is 22.0. The molecular formula is C29H56O4. The Morgan fingerprint density at radius 2 is 0.818 bits per heavy atom. The fraction of sp³-hybridized carbons (Fsp3) is 0.931. The molecule has 0 amide bonds. The van der Waals surface area contributed by atoms with E-state index in [-0.39, 0.29) is 0 Å². The maximum absolute atomic E-state index is 11.2. The molecule has 1 unspecified atom stereocenters. The summed E-state index contributed by atoms with van der Waals surface area (Å²) in [6, 6.07) is 0. The Morgan fingerprint density at radius 3 is 1.15 bits per heavy atom. The number of aliphatic carboxylic acids is 2. The van der Waals surface area contributed by atoms with E-state index in [1.54, 1.807) is 0 Å². The van der Waals surface area contributed by atoms with Gasteiger partial charge in [0.25, 0.3) is 0 Å². The quantitative estimate of drug-likeness (QED) is 0.118. The van der Waals surface area contributed by atoms with Crippen molar-refractivity contribution in [2.45, 2.75) is 167 Å². The van der Waals surface area contributed by atoms with Gasteiger partial charge >= 0.3 is 11.9 Å². The first-order chi connectivity index (χ1) is 16.1. The SMILES string of the molecule is CCCCCCCCCC(CCCCCCCCCCCCCCCCC(=O)O)CC(=O)O. The summed E-state index contributed by atoms with van der Waals surface area (Å²) in [5.41, 5.74) is 0. The van der Waals surface area contributed by atoms with Gasteiger partial charge in [0.1, 0.15) is 0 Å². The van der Waals surface area contributed by atoms with E-state index in [9.17, 15) is 14.7 Å². The van der Waals surface area contributed by atoms with Crippen LogP contribution in [0.3, 0.4) is 0 Å². The molecule has 2 N–H and O–H groups in total. The van der Waals surface area contributed by atoms with E-state index in [0.717, 1.165) is 25.7 Å². The summed E-state index contributed by atoms with van der Waals surface area (Å²) in [5.74, 6) is -0.910. The van der Waals surface area contributed by atoms with Crippen molar-refractivity contribution in [1.29, 1.82) is 0 Å². The third-order valence-electron chi connectivity index (χ3n) is 6.93. The van der Waals surface area contributed by atoms with Crippen LogP contribution < -0.4 is 0 Å². The van der Waals surface area contributed by atoms with Crippen LogP contribution in [0.1, 0.15) is 167 Å². The lowest BCUT2D eigenvalue weighted by molar-refractivity contribution is -0.138. The van der Waals surface area contributed by atoms with Crippen LogP contribution in [0, 0.1) is 5.92 Å². The minimum absolute atomic E-state index is 0.322. The van der Waals surface area contributed by atoms with Crippen LogP contribution in [0.25, 0.3) is 0 Å². The van der Waals surface area contributed by atoms with Crippen LogP contribution >= 0.6 is 0 Å². The summed E-state index contributed by atoms with van der Waals surface area (Å²) in [6.07, 6.45) is 29.4. The molecule has 0 saturated heterocycles. The van der Waals surface area contributed by atoms with Gasteiger partial charge in [-0.3, -0.25) is 9.59 Å². The summed E-state index contributed by atoms with van der Waals surface area (Å²) in [4.78, 5) is 21.6. The van der Waals surface area contributed by atoms with Crippen molar-refractivity contribution in [2.24, 2.45) is 5.92 Å². The highest BCUT2D eigenvalue weighted by Gasteiger charge is 2.12. The van der Waals surface area contributed by atoms with Crippen LogP contribution in [0.15, 0.2) is 0 Å². The van der Waals surface area contributed by atoms with Crippen molar-refractivity contribution in [3.8, 4) is 0 Å². The Hall–Kier alpha value is -1.06. The summed E-state index contributed by atoms with van der Waals surface area (Å²) < 4.78 is 0. The number of carbonyl (C=O) groups is 2. The fourth-order valence-electron chi connectivity index (χ4n) is 4.82. The lowest BCUT2D eigenvalue weighted by atomic mass is 9.91. The van der Waals surface area contributed by atoms with E-state index in [1.807, 2.05) is 0 Å². The minimum Gasteiger partial charge on any atom is -0.481 e. The molecule has 0 heterocycles. The van der Waals surface area contributed by atoms with Crippen LogP contribution in [0.4, 0.5) is 0 Å². The number of carboxylic acid groups (broad SMARTS) is 2. The number of rotatable bonds is 27. The Kier molecular flexibility index (Phi) is 24.7. The van der Waals surface area contributed by atoms with E-state index in [1.165, 1.54) is 122 Å². The van der Waals surface area contributed by atoms with Gasteiger partial charge in [-0.15, -0.1) is 0 Å². The molecular weight excluding hydrogens is 412 g/mol. The van der Waals surface area contributed by atoms with Crippen molar-refractivity contribution in [3.63, 3.8) is 0 Å². The molecule has 0 fully saturated rings. The standard InChI is InChI=1S/C29H56O4/c1-2-3-4-5-14-17-20-23-27(26-29(32)33)24-21-18-15-12-10-8-6-7-9-11-13-16-19-22-25-28(30)31/h27H,2-26H2,1H3,(H,30,31)(H,32,33). The molecule has 0 aliphatic heterocycles. The van der Waals surface area contributed by atoms with Crippen LogP contribution in [-0.2, 0) is 9.59 Å². The topological polar surface area (TPSA) is 74.6 Å². The van der Waals surface area contributed by atoms with E-state index in [4.69, 9.17) is 5.11 Å². The summed E-state index contributed by atoms with van der Waals surface area (Å²) in [5, 5.41) is 17.8. The molecule has 0 rings (SSSR count). The minimum atomic E-state index is -0.670. The molecule has 0 saturated carbocycles. The highest BCUT2D eigenvalue weighted by atomic mass is 16.4. The highest BCUT2D eigenvalue weighted by Crippen LogP contribution is 2.22. The number of hydrogen-bond acceptors (Lipinski definition) is 2. The monoisotopic (exact) mass is 468 g/mol. The number of carboxylic acids is 2. The summed E-state index contributed by atoms with van der Waals surface area (Å²) in [6.45, 7) is 2.25. The Bertz CT molecular complexity index is 435. The van der Waals surface area contributed by atoms with Crippen LogP contribution in [0.5, 0.6) is 0 Å². The van der Waals surface area contributed by atoms with Gasteiger partial charge in [0.2, 0.25) is 0 Å². The predicted octanol–water partition coefficient (Wildman–Crippen LogP) is 9.54. The van der Waals surface area contributed by atoms with Crippen molar-refractivity contribution < 1.29 is 19.8 Å². The lowest BCUT2D eigenvalue weighted by Gasteiger charge is -2.14. The molecule has 0 aromatic rings. The molecule has 1 atom stereocenters. The van der Waals surface area contributed by atoms with E-state index >= 15 is 0 Å². The highest BCUT2D eigenvalue weighted by molar-refractivity contribution is 5.67. The van der Waals surface area contributed by atoms with Crippen molar-refractivity contribution >= 4 is 11.9 Å². The van der Waals surface area contributed by atoms with Crippen molar-refractivity contribution in [1.82, 2.24) is 0 Å². The third kappa shape index (κ3) is 27.1. The molecule has 33 heavy (non-hydrogen) atoms. The molecule has 0 aromatic carbocycles. The van der Waals surface area contributed by atoms with Gasteiger partial charge in [-0.05, 0) is 25.2 Å². The second kappa shape index (κ2) is 25.6. The van der Waals surface area contributed by atoms with Gasteiger partial charge in [0.05, 0.1) is 0 Å². The maximum Gasteiger partial charge on any atom is 0.303 e. The zero-order valence-electron chi connectivity index (χ0n) is 22.0. The summed E-state index contributed by atoms with van der Waals surface area (Å²) in [7, 11) is 0. The van der Waals surface area contributed by atoms with Crippen molar-refractivity contribution in [2.75, 3.05) is 0 Å². The first-order valence-corrected chi connectivity index (χ1v) is 14.5. The normalized spacial score (nSPS) is 12.2. The van der Waals surface area contributed by atoms with Gasteiger partial charge < -0.3 is 10.2 Å². The second-order valence-electron chi connectivity index (χ2n) is 10.3. The molecule has 196 valence electrons. The lowest BCUT2D eigenvalue weighted by Crippen LogP contribution is -2.08. The summed E-state index contributed by atoms with van der Waals surface area (Å²) >= 11 is 0. The van der Waals surface area contributed by atoms with Crippen LogP contribution in [-0.4, -0.2) is 22.2 Å². The van der Waals surface area contributed by atoms with Gasteiger partial charge in [0.15, 0.2) is 0 Å². The van der Waals surface area contributed by atoms with Gasteiger partial charge in [-0.2, -0.15) is 0 Å². The van der Waals surface area contributed by atoms with Gasteiger partial charge in [-0.1, -0.05) is 135 Å². The van der Waals surface area contributed by atoms with E-state index in [2.05, 4.69) is 6.92 Å². The molecule has 0 spiro atoms. The molecule has 4 heteroatoms. The maximum atomic E-state index is 11.2. The Balaban J connectivity index is 3.45. The average Bonchev–Trinajstić information content (AvgIpc) is 2.77. The Morgan fingerprint density at radius 1 is 0.485 bits per heavy atom. The molecule has 0 radical (unpaired) electrons. The number of unbranched alkanes of at least 4 members (excludes halogenated alkanes) is 19. The number of hydrogen-bond donors (Lipinski definition) is 2. The molecule has 0 aliphatic carbocycles. The smallest absolute Gasteiger partial charge is 0.303 e. The zero-order chi connectivity index (χ0) is 24.4. The average molecular weight is 469 g/mol. The van der Waals surface area contributed by atoms with E-state index < -0.39 is 11.9 Å². The van der Waals surface area contributed by atoms with Gasteiger partial charge in [-0.25, -0.2) is 0 Å². The largest absolute Gasteiger partial charge is 0.481 e. The van der Waals surface area contributed by atoms with Crippen LogP contribution in [0.2, 0.25) is 0 Å².